The number of rotatable bonds is 2. The van der Waals surface area contributed by atoms with E-state index in [9.17, 15) is 0 Å². The molecular weight excluding hydrogens is 538 g/mol. The zero-order valence-corrected chi connectivity index (χ0v) is 19.9. The number of hydrogen-bond donors (Lipinski definition) is 0. The quantitative estimate of drug-likeness (QED) is 0.387. The van der Waals surface area contributed by atoms with Gasteiger partial charge in [-0.2, -0.15) is 0 Å². The van der Waals surface area contributed by atoms with Gasteiger partial charge in [-0.3, -0.25) is 0 Å². The summed E-state index contributed by atoms with van der Waals surface area (Å²) >= 11 is 0. The maximum Gasteiger partial charge on any atom is 0 e. The minimum absolute atomic E-state index is 0. The molecule has 3 heteroatoms. The van der Waals surface area contributed by atoms with E-state index in [0.29, 0.717) is 0 Å². The van der Waals surface area contributed by atoms with Crippen LogP contribution in [0, 0.1) is 0 Å². The van der Waals surface area contributed by atoms with Crippen LogP contribution in [0.2, 0.25) is 0 Å². The Morgan fingerprint density at radius 2 is 0.852 bits per heavy atom. The summed E-state index contributed by atoms with van der Waals surface area (Å²) in [7, 11) is 0. The van der Waals surface area contributed by atoms with Gasteiger partial charge in [-0.1, -0.05) is 84.9 Å². The Morgan fingerprint density at radius 3 is 1.26 bits per heavy atom. The summed E-state index contributed by atoms with van der Waals surface area (Å²) < 4.78 is 0. The molecule has 3 aromatic rings. The maximum absolute atomic E-state index is 2.36. The molecule has 3 aromatic carbocycles. The van der Waals surface area contributed by atoms with Crippen LogP contribution in [-0.2, 0) is 38.7 Å². The predicted octanol–water partition coefficient (Wildman–Crippen LogP) is -0.114. The van der Waals surface area contributed by atoms with Gasteiger partial charge in [-0.05, 0) is 57.4 Å². The molecule has 0 N–H and O–H groups in total. The molecule has 0 heterocycles. The fourth-order valence-electron chi connectivity index (χ4n) is 3.95. The molecule has 0 nitrogen and oxygen atoms in total. The summed E-state index contributed by atoms with van der Waals surface area (Å²) in [6.07, 6.45) is 6.79. The molecule has 0 saturated heterocycles. The Balaban J connectivity index is 0.000000871. The molecular formula is C24H18Cl2Hf-2. The molecule has 134 valence electrons. The van der Waals surface area contributed by atoms with Gasteiger partial charge in [0.1, 0.15) is 0 Å². The Labute approximate surface area is 192 Å². The summed E-state index contributed by atoms with van der Waals surface area (Å²) in [6, 6.07) is 26.3. The molecule has 0 aliphatic heterocycles. The van der Waals surface area contributed by atoms with E-state index in [1.54, 1.807) is 0 Å². The van der Waals surface area contributed by atoms with Gasteiger partial charge in [0.25, 0.3) is 0 Å². The Kier molecular flexibility index (Phi) is 7.45. The Hall–Kier alpha value is -1.41. The maximum atomic E-state index is 2.36. The van der Waals surface area contributed by atoms with E-state index in [4.69, 9.17) is 0 Å². The van der Waals surface area contributed by atoms with Crippen molar-refractivity contribution in [1.82, 2.24) is 0 Å². The summed E-state index contributed by atoms with van der Waals surface area (Å²) in [5.41, 5.74) is 11.2. The zero-order chi connectivity index (χ0) is 15.9. The first-order valence-corrected chi connectivity index (χ1v) is 8.55. The molecule has 2 aliphatic carbocycles. The van der Waals surface area contributed by atoms with E-state index in [0.717, 1.165) is 12.8 Å². The second-order valence-corrected chi connectivity index (χ2v) is 6.64. The number of allylic oxidation sites excluding steroid dienone is 2. The van der Waals surface area contributed by atoms with Crippen LogP contribution in [0.1, 0.15) is 33.4 Å². The van der Waals surface area contributed by atoms with E-state index >= 15 is 0 Å². The van der Waals surface area contributed by atoms with Crippen molar-refractivity contribution in [3.63, 3.8) is 0 Å². The van der Waals surface area contributed by atoms with Crippen LogP contribution in [-0.4, -0.2) is 0 Å². The van der Waals surface area contributed by atoms with Crippen LogP contribution in [0.15, 0.2) is 72.8 Å². The number of halogens is 2. The van der Waals surface area contributed by atoms with Crippen LogP contribution >= 0.6 is 0 Å². The van der Waals surface area contributed by atoms with Crippen molar-refractivity contribution in [3.8, 4) is 0 Å². The second-order valence-electron chi connectivity index (χ2n) is 6.64. The largest absolute Gasteiger partial charge is 1.00 e. The number of hydrogen-bond acceptors (Lipinski definition) is 0. The smallest absolute Gasteiger partial charge is 0 e. The first-order chi connectivity index (χ1) is 11.9. The van der Waals surface area contributed by atoms with Crippen LogP contribution in [0.5, 0.6) is 0 Å². The number of benzene rings is 3. The van der Waals surface area contributed by atoms with Crippen molar-refractivity contribution < 1.29 is 50.7 Å². The molecule has 0 bridgehead atoms. The molecule has 0 amide bonds. The SMILES string of the molecule is C1=C(c2ccccc2C2=Cc3ccccc3C2)Cc2ccccc21.[Cl-].[Cl-].[Hf]. The normalized spacial score (nSPS) is 13.2. The third kappa shape index (κ3) is 4.06. The monoisotopic (exact) mass is 556 g/mol. The van der Waals surface area contributed by atoms with Crippen LogP contribution < -0.4 is 24.8 Å². The third-order valence-corrected chi connectivity index (χ3v) is 5.15. The van der Waals surface area contributed by atoms with Gasteiger partial charge >= 0.3 is 0 Å². The average Bonchev–Trinajstić information content (AvgIpc) is 3.25. The molecule has 5 rings (SSSR count). The molecule has 0 radical (unpaired) electrons. The van der Waals surface area contributed by atoms with Crippen molar-refractivity contribution in [2.75, 3.05) is 0 Å². The van der Waals surface area contributed by atoms with Crippen molar-refractivity contribution in [1.29, 1.82) is 0 Å². The van der Waals surface area contributed by atoms with E-state index in [-0.39, 0.29) is 50.7 Å². The fourth-order valence-corrected chi connectivity index (χ4v) is 3.95. The van der Waals surface area contributed by atoms with E-state index in [1.807, 2.05) is 0 Å². The van der Waals surface area contributed by atoms with Gasteiger partial charge in [0.05, 0.1) is 0 Å². The van der Waals surface area contributed by atoms with Crippen molar-refractivity contribution >= 4 is 23.3 Å². The summed E-state index contributed by atoms with van der Waals surface area (Å²) in [6.45, 7) is 0. The van der Waals surface area contributed by atoms with E-state index in [2.05, 4.69) is 84.9 Å². The molecule has 0 atom stereocenters. The van der Waals surface area contributed by atoms with Gasteiger partial charge in [0.15, 0.2) is 0 Å². The third-order valence-electron chi connectivity index (χ3n) is 5.15. The van der Waals surface area contributed by atoms with Gasteiger partial charge in [0.2, 0.25) is 0 Å². The molecule has 0 fully saturated rings. The Bertz CT molecular complexity index is 936. The van der Waals surface area contributed by atoms with Crippen LogP contribution in [0.3, 0.4) is 0 Å². The molecule has 0 saturated carbocycles. The predicted molar refractivity (Wildman–Crippen MR) is 102 cm³/mol. The van der Waals surface area contributed by atoms with Crippen LogP contribution in [0.4, 0.5) is 0 Å². The molecule has 0 aromatic heterocycles. The summed E-state index contributed by atoms with van der Waals surface area (Å²) in [5, 5.41) is 0. The van der Waals surface area contributed by atoms with Gasteiger partial charge in [-0.25, -0.2) is 0 Å². The van der Waals surface area contributed by atoms with Gasteiger partial charge in [-0.15, -0.1) is 0 Å². The van der Waals surface area contributed by atoms with E-state index in [1.165, 1.54) is 44.5 Å². The molecule has 0 unspecified atom stereocenters. The molecule has 0 spiro atoms. The average molecular weight is 556 g/mol. The summed E-state index contributed by atoms with van der Waals surface area (Å²) in [5.74, 6) is 0. The molecule has 2 aliphatic rings. The van der Waals surface area contributed by atoms with Crippen molar-refractivity contribution in [2.24, 2.45) is 0 Å². The van der Waals surface area contributed by atoms with E-state index < -0.39 is 0 Å². The topological polar surface area (TPSA) is 0 Å². The second kappa shape index (κ2) is 9.19. The first kappa shape index (κ1) is 21.9. The fraction of sp³-hybridized carbons (Fsp3) is 0.0833. The first-order valence-electron chi connectivity index (χ1n) is 8.55. The summed E-state index contributed by atoms with van der Waals surface area (Å²) in [4.78, 5) is 0. The van der Waals surface area contributed by atoms with Crippen LogP contribution in [0.25, 0.3) is 23.3 Å². The van der Waals surface area contributed by atoms with Crippen molar-refractivity contribution in [3.05, 3.63) is 106 Å². The number of fused-ring (bicyclic) bond motifs is 2. The minimum Gasteiger partial charge on any atom is -1.00 e. The Morgan fingerprint density at radius 1 is 0.481 bits per heavy atom. The minimum atomic E-state index is 0. The zero-order valence-electron chi connectivity index (χ0n) is 14.8. The van der Waals surface area contributed by atoms with Crippen molar-refractivity contribution in [2.45, 2.75) is 12.8 Å². The standard InChI is InChI=1S/C24H18.2ClH.Hf/c1-2-8-18-14-21(13-17(18)7-1)23-11-5-6-12-24(23)22-15-19-9-3-4-10-20(19)16-22;;;/h1-13,15H,14,16H2;2*1H;/p-2. The molecule has 27 heavy (non-hydrogen) atoms. The van der Waals surface area contributed by atoms with Gasteiger partial charge < -0.3 is 24.8 Å². The van der Waals surface area contributed by atoms with Gasteiger partial charge in [0, 0.05) is 25.8 Å².